The molecule has 0 aliphatic carbocycles. The fourth-order valence-corrected chi connectivity index (χ4v) is 0.959. The van der Waals surface area contributed by atoms with Gasteiger partial charge in [0.25, 0.3) is 0 Å². The average molecular weight is 221 g/mol. The van der Waals surface area contributed by atoms with Crippen molar-refractivity contribution >= 4 is 0 Å². The highest BCUT2D eigenvalue weighted by Crippen LogP contribution is 2.20. The lowest BCUT2D eigenvalue weighted by Gasteiger charge is -2.11. The summed E-state index contributed by atoms with van der Waals surface area (Å²) in [7, 11) is 1.43. The minimum Gasteiger partial charge on any atom is -0.482 e. The van der Waals surface area contributed by atoms with Gasteiger partial charge in [-0.2, -0.15) is 13.2 Å². The van der Waals surface area contributed by atoms with Gasteiger partial charge in [0, 0.05) is 13.3 Å². The maximum Gasteiger partial charge on any atom is 0.422 e. The minimum atomic E-state index is -4.35. The Morgan fingerprint density at radius 3 is 2.73 bits per heavy atom. The number of alkyl halides is 3. The van der Waals surface area contributed by atoms with Crippen LogP contribution in [0.2, 0.25) is 0 Å². The van der Waals surface area contributed by atoms with E-state index in [-0.39, 0.29) is 12.4 Å². The van der Waals surface area contributed by atoms with Gasteiger partial charge >= 0.3 is 6.18 Å². The van der Waals surface area contributed by atoms with Crippen molar-refractivity contribution in [3.8, 4) is 5.75 Å². The highest BCUT2D eigenvalue weighted by Gasteiger charge is 2.28. The SMILES string of the molecule is COCc1ncccc1OCC(F)(F)F. The Balaban J connectivity index is 2.67. The van der Waals surface area contributed by atoms with Gasteiger partial charge in [-0.25, -0.2) is 0 Å². The van der Waals surface area contributed by atoms with E-state index < -0.39 is 12.8 Å². The topological polar surface area (TPSA) is 31.4 Å². The van der Waals surface area contributed by atoms with Gasteiger partial charge in [-0.1, -0.05) is 0 Å². The summed E-state index contributed by atoms with van der Waals surface area (Å²) in [4.78, 5) is 3.85. The quantitative estimate of drug-likeness (QED) is 0.780. The molecule has 84 valence electrons. The van der Waals surface area contributed by atoms with E-state index in [1.165, 1.54) is 25.4 Å². The molecule has 0 aliphatic rings. The van der Waals surface area contributed by atoms with Crippen molar-refractivity contribution in [3.63, 3.8) is 0 Å². The number of halogens is 3. The van der Waals surface area contributed by atoms with Gasteiger partial charge in [0.1, 0.15) is 11.4 Å². The smallest absolute Gasteiger partial charge is 0.422 e. The third-order valence-corrected chi connectivity index (χ3v) is 1.52. The van der Waals surface area contributed by atoms with Gasteiger partial charge in [0.15, 0.2) is 6.61 Å². The predicted molar refractivity (Wildman–Crippen MR) is 46.5 cm³/mol. The number of aromatic nitrogens is 1. The number of methoxy groups -OCH3 is 1. The number of pyridine rings is 1. The predicted octanol–water partition coefficient (Wildman–Crippen LogP) is 2.17. The summed E-state index contributed by atoms with van der Waals surface area (Å²) in [6, 6.07) is 2.93. The number of hydrogen-bond donors (Lipinski definition) is 0. The minimum absolute atomic E-state index is 0.0941. The Labute approximate surface area is 84.8 Å². The van der Waals surface area contributed by atoms with E-state index in [4.69, 9.17) is 4.74 Å². The van der Waals surface area contributed by atoms with E-state index in [1.54, 1.807) is 0 Å². The highest BCUT2D eigenvalue weighted by atomic mass is 19.4. The highest BCUT2D eigenvalue weighted by molar-refractivity contribution is 5.26. The van der Waals surface area contributed by atoms with Crippen LogP contribution in [0.4, 0.5) is 13.2 Å². The van der Waals surface area contributed by atoms with Crippen LogP contribution in [0.5, 0.6) is 5.75 Å². The molecule has 1 rings (SSSR count). The lowest BCUT2D eigenvalue weighted by atomic mass is 10.3. The zero-order valence-electron chi connectivity index (χ0n) is 8.04. The molecule has 0 bridgehead atoms. The first-order chi connectivity index (χ1) is 7.03. The fourth-order valence-electron chi connectivity index (χ4n) is 0.959. The summed E-state index contributed by atoms with van der Waals surface area (Å²) in [5.74, 6) is 0.0941. The first-order valence-electron chi connectivity index (χ1n) is 4.15. The summed E-state index contributed by atoms with van der Waals surface area (Å²) in [6.07, 6.45) is -2.88. The molecule has 0 atom stereocenters. The largest absolute Gasteiger partial charge is 0.482 e. The maximum absolute atomic E-state index is 11.9. The van der Waals surface area contributed by atoms with Crippen molar-refractivity contribution in [3.05, 3.63) is 24.0 Å². The van der Waals surface area contributed by atoms with Crippen LogP contribution in [0.15, 0.2) is 18.3 Å². The van der Waals surface area contributed by atoms with Gasteiger partial charge in [0.2, 0.25) is 0 Å². The van der Waals surface area contributed by atoms with Crippen LogP contribution in [0, 0.1) is 0 Å². The maximum atomic E-state index is 11.9. The number of ether oxygens (including phenoxy) is 2. The molecule has 0 aromatic carbocycles. The third kappa shape index (κ3) is 4.16. The zero-order valence-corrected chi connectivity index (χ0v) is 8.04. The van der Waals surface area contributed by atoms with Crippen LogP contribution in [-0.2, 0) is 11.3 Å². The van der Waals surface area contributed by atoms with E-state index in [9.17, 15) is 13.2 Å². The number of rotatable bonds is 4. The molecule has 0 unspecified atom stereocenters. The van der Waals surface area contributed by atoms with Crippen LogP contribution >= 0.6 is 0 Å². The monoisotopic (exact) mass is 221 g/mol. The molecule has 1 heterocycles. The average Bonchev–Trinajstić information content (AvgIpc) is 2.16. The second-order valence-corrected chi connectivity index (χ2v) is 2.79. The molecule has 0 fully saturated rings. The lowest BCUT2D eigenvalue weighted by Crippen LogP contribution is -2.20. The van der Waals surface area contributed by atoms with Crippen molar-refractivity contribution in [2.45, 2.75) is 12.8 Å². The number of nitrogens with zero attached hydrogens (tertiary/aromatic N) is 1. The summed E-state index contributed by atoms with van der Waals surface area (Å²) in [5, 5.41) is 0. The van der Waals surface area contributed by atoms with E-state index in [2.05, 4.69) is 9.72 Å². The van der Waals surface area contributed by atoms with Gasteiger partial charge in [-0.05, 0) is 12.1 Å². The van der Waals surface area contributed by atoms with Crippen molar-refractivity contribution in [1.82, 2.24) is 4.98 Å². The molecule has 0 spiro atoms. The summed E-state index contributed by atoms with van der Waals surface area (Å²) < 4.78 is 45.0. The Bertz CT molecular complexity index is 314. The first kappa shape index (κ1) is 11.8. The van der Waals surface area contributed by atoms with Gasteiger partial charge < -0.3 is 9.47 Å². The zero-order chi connectivity index (χ0) is 11.3. The molecular weight excluding hydrogens is 211 g/mol. The molecule has 1 aromatic heterocycles. The second-order valence-electron chi connectivity index (χ2n) is 2.79. The fraction of sp³-hybridized carbons (Fsp3) is 0.444. The second kappa shape index (κ2) is 4.97. The summed E-state index contributed by atoms with van der Waals surface area (Å²) in [5.41, 5.74) is 0.351. The van der Waals surface area contributed by atoms with E-state index >= 15 is 0 Å². The van der Waals surface area contributed by atoms with Gasteiger partial charge in [0.05, 0.1) is 6.61 Å². The molecule has 1 aromatic rings. The van der Waals surface area contributed by atoms with Crippen molar-refractivity contribution < 1.29 is 22.6 Å². The standard InChI is InChI=1S/C9H10F3NO2/c1-14-5-7-8(3-2-4-13-7)15-6-9(10,11)12/h2-4H,5-6H2,1H3. The molecule has 6 heteroatoms. The Morgan fingerprint density at radius 2 is 2.13 bits per heavy atom. The van der Waals surface area contributed by atoms with Crippen LogP contribution < -0.4 is 4.74 Å². The van der Waals surface area contributed by atoms with E-state index in [1.807, 2.05) is 0 Å². The van der Waals surface area contributed by atoms with Crippen molar-refractivity contribution in [2.75, 3.05) is 13.7 Å². The summed E-state index contributed by atoms with van der Waals surface area (Å²) in [6.45, 7) is -1.20. The van der Waals surface area contributed by atoms with Gasteiger partial charge in [-0.3, -0.25) is 4.98 Å². The van der Waals surface area contributed by atoms with Gasteiger partial charge in [-0.15, -0.1) is 0 Å². The Kier molecular flexibility index (Phi) is 3.90. The third-order valence-electron chi connectivity index (χ3n) is 1.52. The number of hydrogen-bond acceptors (Lipinski definition) is 3. The Hall–Kier alpha value is -1.30. The van der Waals surface area contributed by atoms with Crippen molar-refractivity contribution in [1.29, 1.82) is 0 Å². The van der Waals surface area contributed by atoms with E-state index in [0.29, 0.717) is 5.69 Å². The van der Waals surface area contributed by atoms with Crippen LogP contribution in [0.1, 0.15) is 5.69 Å². The molecular formula is C9H10F3NO2. The molecule has 0 saturated heterocycles. The molecule has 0 N–H and O–H groups in total. The van der Waals surface area contributed by atoms with Crippen LogP contribution in [0.3, 0.4) is 0 Å². The molecule has 3 nitrogen and oxygen atoms in total. The van der Waals surface area contributed by atoms with Crippen LogP contribution in [0.25, 0.3) is 0 Å². The first-order valence-corrected chi connectivity index (χ1v) is 4.15. The van der Waals surface area contributed by atoms with Crippen molar-refractivity contribution in [2.24, 2.45) is 0 Å². The molecule has 0 amide bonds. The molecule has 0 aliphatic heterocycles. The Morgan fingerprint density at radius 1 is 1.40 bits per heavy atom. The van der Waals surface area contributed by atoms with E-state index in [0.717, 1.165) is 0 Å². The summed E-state index contributed by atoms with van der Waals surface area (Å²) >= 11 is 0. The normalized spacial score (nSPS) is 11.5. The lowest BCUT2D eigenvalue weighted by molar-refractivity contribution is -0.153. The van der Waals surface area contributed by atoms with Crippen LogP contribution in [-0.4, -0.2) is 24.9 Å². The molecule has 15 heavy (non-hydrogen) atoms. The molecule has 0 saturated carbocycles. The molecule has 0 radical (unpaired) electrons.